The molecule has 134 valence electrons. The van der Waals surface area contributed by atoms with Crippen LogP contribution in [-0.2, 0) is 16.4 Å². The molecule has 26 heavy (non-hydrogen) atoms. The Kier molecular flexibility index (Phi) is 4.88. The summed E-state index contributed by atoms with van der Waals surface area (Å²) in [5, 5.41) is 3.91. The predicted octanol–water partition coefficient (Wildman–Crippen LogP) is 2.32. The van der Waals surface area contributed by atoms with Crippen LogP contribution in [0.1, 0.15) is 21.7 Å². The normalized spacial score (nSPS) is 11.5. The zero-order valence-corrected chi connectivity index (χ0v) is 15.6. The predicted molar refractivity (Wildman–Crippen MR) is 97.8 cm³/mol. The van der Waals surface area contributed by atoms with Crippen LogP contribution in [0.15, 0.2) is 41.6 Å². The highest BCUT2D eigenvalue weighted by molar-refractivity contribution is 7.90. The molecule has 7 nitrogen and oxygen atoms in total. The molecule has 0 saturated heterocycles. The van der Waals surface area contributed by atoms with E-state index in [-0.39, 0.29) is 17.0 Å². The van der Waals surface area contributed by atoms with Gasteiger partial charge >= 0.3 is 0 Å². The Morgan fingerprint density at radius 2 is 1.96 bits per heavy atom. The van der Waals surface area contributed by atoms with Crippen LogP contribution >= 0.6 is 11.6 Å². The number of fused-ring (bicyclic) bond motifs is 1. The number of amides is 1. The lowest BCUT2D eigenvalue weighted by Crippen LogP contribution is -2.24. The van der Waals surface area contributed by atoms with E-state index in [9.17, 15) is 13.2 Å². The van der Waals surface area contributed by atoms with Crippen molar-refractivity contribution in [2.75, 3.05) is 6.26 Å². The highest BCUT2D eigenvalue weighted by atomic mass is 35.5. The second kappa shape index (κ2) is 6.97. The van der Waals surface area contributed by atoms with Crippen molar-refractivity contribution in [3.63, 3.8) is 0 Å². The SMILES string of the molecule is Cc1ncc(C(=O)NCc2cc3nc(Cl)ccc3cn2)cc1S(C)(=O)=O. The number of hydrogen-bond acceptors (Lipinski definition) is 6. The van der Waals surface area contributed by atoms with Crippen molar-refractivity contribution in [2.24, 2.45) is 0 Å². The fourth-order valence-electron chi connectivity index (χ4n) is 2.42. The molecule has 0 aliphatic carbocycles. The monoisotopic (exact) mass is 390 g/mol. The lowest BCUT2D eigenvalue weighted by molar-refractivity contribution is 0.0950. The Balaban J connectivity index is 1.79. The molecule has 3 heterocycles. The van der Waals surface area contributed by atoms with Crippen molar-refractivity contribution in [3.8, 4) is 0 Å². The van der Waals surface area contributed by atoms with Crippen molar-refractivity contribution < 1.29 is 13.2 Å². The molecule has 0 aromatic carbocycles. The smallest absolute Gasteiger partial charge is 0.253 e. The van der Waals surface area contributed by atoms with Gasteiger partial charge in [-0.3, -0.25) is 14.8 Å². The van der Waals surface area contributed by atoms with Gasteiger partial charge in [-0.1, -0.05) is 11.6 Å². The molecule has 9 heteroatoms. The van der Waals surface area contributed by atoms with E-state index in [1.165, 1.54) is 12.3 Å². The number of aryl methyl sites for hydroxylation is 1. The molecule has 3 rings (SSSR count). The average Bonchev–Trinajstić information content (AvgIpc) is 2.58. The third-order valence-electron chi connectivity index (χ3n) is 3.73. The van der Waals surface area contributed by atoms with Gasteiger partial charge in [-0.15, -0.1) is 0 Å². The van der Waals surface area contributed by atoms with E-state index < -0.39 is 15.7 Å². The topological polar surface area (TPSA) is 102 Å². The number of pyridine rings is 3. The number of hydrogen-bond donors (Lipinski definition) is 1. The molecule has 0 unspecified atom stereocenters. The minimum atomic E-state index is -3.46. The molecule has 0 spiro atoms. The standard InChI is InChI=1S/C17H15ClN4O3S/c1-10-15(26(2,24)25)5-12(8-19-10)17(23)21-9-13-6-14-11(7-20-13)3-4-16(18)22-14/h3-8H,9H2,1-2H3,(H,21,23). The molecular weight excluding hydrogens is 376 g/mol. The fourth-order valence-corrected chi connectivity index (χ4v) is 3.50. The molecule has 1 amide bonds. The summed E-state index contributed by atoms with van der Waals surface area (Å²) in [5.41, 5.74) is 1.79. The summed E-state index contributed by atoms with van der Waals surface area (Å²) in [4.78, 5) is 24.8. The molecule has 0 atom stereocenters. The first-order valence-electron chi connectivity index (χ1n) is 7.60. The van der Waals surface area contributed by atoms with Gasteiger partial charge in [-0.25, -0.2) is 13.4 Å². The van der Waals surface area contributed by atoms with E-state index in [4.69, 9.17) is 11.6 Å². The van der Waals surface area contributed by atoms with Crippen LogP contribution in [0.5, 0.6) is 0 Å². The lowest BCUT2D eigenvalue weighted by atomic mass is 10.2. The zero-order chi connectivity index (χ0) is 18.9. The maximum atomic E-state index is 12.3. The minimum Gasteiger partial charge on any atom is -0.346 e. The van der Waals surface area contributed by atoms with Crippen molar-refractivity contribution in [3.05, 3.63) is 58.8 Å². The Labute approximate surface area is 155 Å². The maximum absolute atomic E-state index is 12.3. The molecule has 0 fully saturated rings. The molecule has 0 aliphatic rings. The number of carbonyl (C=O) groups excluding carboxylic acids is 1. The van der Waals surface area contributed by atoms with E-state index in [2.05, 4.69) is 20.3 Å². The number of nitrogens with one attached hydrogen (secondary N) is 1. The molecule has 3 aromatic rings. The molecule has 0 radical (unpaired) electrons. The number of aromatic nitrogens is 3. The van der Waals surface area contributed by atoms with Crippen molar-refractivity contribution >= 4 is 38.2 Å². The second-order valence-electron chi connectivity index (χ2n) is 5.76. The minimum absolute atomic E-state index is 0.0350. The molecule has 0 bridgehead atoms. The molecule has 1 N–H and O–H groups in total. The van der Waals surface area contributed by atoms with Crippen molar-refractivity contribution in [2.45, 2.75) is 18.4 Å². The van der Waals surface area contributed by atoms with Gasteiger partial charge in [-0.2, -0.15) is 0 Å². The van der Waals surface area contributed by atoms with E-state index >= 15 is 0 Å². The molecular formula is C17H15ClN4O3S. The van der Waals surface area contributed by atoms with E-state index in [1.54, 1.807) is 25.3 Å². The number of halogens is 1. The number of rotatable bonds is 4. The second-order valence-corrected chi connectivity index (χ2v) is 8.14. The number of carbonyl (C=O) groups is 1. The van der Waals surface area contributed by atoms with Gasteiger partial charge in [0.25, 0.3) is 5.91 Å². The third kappa shape index (κ3) is 3.97. The van der Waals surface area contributed by atoms with Gasteiger partial charge in [0.15, 0.2) is 9.84 Å². The van der Waals surface area contributed by atoms with Crippen LogP contribution in [0.4, 0.5) is 0 Å². The van der Waals surface area contributed by atoms with Crippen LogP contribution in [0.25, 0.3) is 10.9 Å². The summed E-state index contributed by atoms with van der Waals surface area (Å²) in [6.45, 7) is 1.74. The number of sulfone groups is 1. The van der Waals surface area contributed by atoms with Crippen LogP contribution < -0.4 is 5.32 Å². The summed E-state index contributed by atoms with van der Waals surface area (Å²) in [7, 11) is -3.46. The summed E-state index contributed by atoms with van der Waals surface area (Å²) in [5.74, 6) is -0.441. The third-order valence-corrected chi connectivity index (χ3v) is 5.15. The average molecular weight is 391 g/mol. The van der Waals surface area contributed by atoms with Gasteiger partial charge in [0.05, 0.1) is 33.9 Å². The summed E-state index contributed by atoms with van der Waals surface area (Å²) in [6, 6.07) is 6.54. The van der Waals surface area contributed by atoms with Gasteiger partial charge in [0.2, 0.25) is 0 Å². The molecule has 0 aliphatic heterocycles. The first-order valence-corrected chi connectivity index (χ1v) is 9.87. The lowest BCUT2D eigenvalue weighted by Gasteiger charge is -2.08. The van der Waals surface area contributed by atoms with Gasteiger partial charge in [0.1, 0.15) is 5.15 Å². The summed E-state index contributed by atoms with van der Waals surface area (Å²) in [6.07, 6.45) is 4.07. The Bertz CT molecular complexity index is 1120. The Morgan fingerprint density at radius 1 is 1.19 bits per heavy atom. The maximum Gasteiger partial charge on any atom is 0.253 e. The fraction of sp³-hybridized carbons (Fsp3) is 0.176. The highest BCUT2D eigenvalue weighted by Crippen LogP contribution is 2.16. The van der Waals surface area contributed by atoms with Crippen LogP contribution in [0, 0.1) is 6.92 Å². The highest BCUT2D eigenvalue weighted by Gasteiger charge is 2.16. The first-order chi connectivity index (χ1) is 12.2. The van der Waals surface area contributed by atoms with Gasteiger partial charge in [-0.05, 0) is 31.2 Å². The van der Waals surface area contributed by atoms with Crippen LogP contribution in [0.2, 0.25) is 5.15 Å². The van der Waals surface area contributed by atoms with Crippen molar-refractivity contribution in [1.82, 2.24) is 20.3 Å². The van der Waals surface area contributed by atoms with E-state index in [1.807, 2.05) is 6.07 Å². The van der Waals surface area contributed by atoms with Gasteiger partial charge in [0, 0.05) is 24.0 Å². The Morgan fingerprint density at radius 3 is 2.69 bits per heavy atom. The first kappa shape index (κ1) is 18.2. The van der Waals surface area contributed by atoms with Gasteiger partial charge < -0.3 is 5.32 Å². The quantitative estimate of drug-likeness (QED) is 0.686. The molecule has 0 saturated carbocycles. The van der Waals surface area contributed by atoms with E-state index in [0.29, 0.717) is 22.1 Å². The van der Waals surface area contributed by atoms with Crippen molar-refractivity contribution in [1.29, 1.82) is 0 Å². The van der Waals surface area contributed by atoms with Crippen LogP contribution in [-0.4, -0.2) is 35.5 Å². The number of nitrogens with zero attached hydrogens (tertiary/aromatic N) is 3. The van der Waals surface area contributed by atoms with E-state index in [0.717, 1.165) is 11.6 Å². The molecule has 3 aromatic heterocycles. The largest absolute Gasteiger partial charge is 0.346 e. The summed E-state index contributed by atoms with van der Waals surface area (Å²) >= 11 is 5.89. The van der Waals surface area contributed by atoms with Crippen LogP contribution in [0.3, 0.4) is 0 Å². The zero-order valence-electron chi connectivity index (χ0n) is 14.0. The summed E-state index contributed by atoms with van der Waals surface area (Å²) < 4.78 is 23.5. The Hall–Kier alpha value is -2.58.